The molecule has 1 aromatic rings. The van der Waals surface area contributed by atoms with Crippen molar-refractivity contribution in [1.29, 1.82) is 0 Å². The highest BCUT2D eigenvalue weighted by Gasteiger charge is 2.17. The Morgan fingerprint density at radius 1 is 1.12 bits per heavy atom. The van der Waals surface area contributed by atoms with E-state index in [1.54, 1.807) is 0 Å². The maximum absolute atomic E-state index is 11.4. The molecule has 1 aromatic carbocycles. The largest absolute Gasteiger partial charge is 0.463 e. The number of rotatable bonds is 6. The van der Waals surface area contributed by atoms with Crippen LogP contribution in [0.4, 0.5) is 0 Å². The van der Waals surface area contributed by atoms with Gasteiger partial charge >= 0.3 is 5.97 Å². The summed E-state index contributed by atoms with van der Waals surface area (Å²) in [7, 11) is 1.12. The Morgan fingerprint density at radius 3 is 2.35 bits per heavy atom. The Labute approximate surface area is 99.6 Å². The van der Waals surface area contributed by atoms with Crippen molar-refractivity contribution in [1.82, 2.24) is 0 Å². The lowest BCUT2D eigenvalue weighted by atomic mass is 10.0. The van der Waals surface area contributed by atoms with Crippen molar-refractivity contribution in [3.8, 4) is 0 Å². The van der Waals surface area contributed by atoms with E-state index >= 15 is 0 Å². The topological polar surface area (TPSA) is 60.4 Å². The average Bonchev–Trinajstić information content (AvgIpc) is 2.36. The molecule has 0 radical (unpaired) electrons. The number of Topliss-reactive ketones (excluding diaryl/α,β-unsaturated/α-hetero) is 2. The zero-order valence-electron chi connectivity index (χ0n) is 9.64. The highest BCUT2D eigenvalue weighted by Crippen LogP contribution is 2.04. The molecule has 0 unspecified atom stereocenters. The van der Waals surface area contributed by atoms with Crippen LogP contribution in [0.2, 0.25) is 0 Å². The van der Waals surface area contributed by atoms with Crippen LogP contribution < -0.4 is 0 Å². The first kappa shape index (κ1) is 13.1. The Bertz CT molecular complexity index is 409. The molecule has 0 saturated carbocycles. The molecular weight excluding hydrogens is 220 g/mol. The second kappa shape index (κ2) is 6.58. The van der Waals surface area contributed by atoms with Crippen LogP contribution in [-0.4, -0.2) is 24.6 Å². The van der Waals surface area contributed by atoms with E-state index in [0.717, 1.165) is 12.7 Å². The fourth-order valence-electron chi connectivity index (χ4n) is 1.38. The summed E-state index contributed by atoms with van der Waals surface area (Å²) in [4.78, 5) is 33.3. The van der Waals surface area contributed by atoms with Gasteiger partial charge in [0, 0.05) is 6.42 Å². The summed E-state index contributed by atoms with van der Waals surface area (Å²) in [5, 5.41) is 0. The van der Waals surface area contributed by atoms with Crippen molar-refractivity contribution in [2.75, 3.05) is 7.11 Å². The first-order chi connectivity index (χ1) is 8.13. The molecule has 0 aromatic heterocycles. The van der Waals surface area contributed by atoms with Crippen LogP contribution in [0.1, 0.15) is 18.4 Å². The number of aryl methyl sites for hydroxylation is 1. The molecule has 0 amide bonds. The van der Waals surface area contributed by atoms with E-state index in [4.69, 9.17) is 0 Å². The van der Waals surface area contributed by atoms with Gasteiger partial charge in [-0.25, -0.2) is 4.79 Å². The highest BCUT2D eigenvalue weighted by atomic mass is 16.5. The zero-order chi connectivity index (χ0) is 12.7. The number of carbonyl (C=O) groups is 3. The first-order valence-electron chi connectivity index (χ1n) is 5.30. The Hall–Kier alpha value is -1.97. The van der Waals surface area contributed by atoms with Crippen LogP contribution in [0.15, 0.2) is 30.3 Å². The number of ketones is 2. The summed E-state index contributed by atoms with van der Waals surface area (Å²) in [5.74, 6) is -1.99. The summed E-state index contributed by atoms with van der Waals surface area (Å²) in [6.45, 7) is 0. The molecule has 0 heterocycles. The Kier molecular flexibility index (Phi) is 5.07. The zero-order valence-corrected chi connectivity index (χ0v) is 9.64. The number of ether oxygens (including phenoxy) is 1. The third-order valence-electron chi connectivity index (χ3n) is 2.31. The van der Waals surface area contributed by atoms with Gasteiger partial charge < -0.3 is 4.74 Å². The van der Waals surface area contributed by atoms with E-state index in [2.05, 4.69) is 4.74 Å². The van der Waals surface area contributed by atoms with Gasteiger partial charge in [0.05, 0.1) is 13.5 Å². The van der Waals surface area contributed by atoms with E-state index in [1.165, 1.54) is 0 Å². The lowest BCUT2D eigenvalue weighted by Crippen LogP contribution is -2.19. The Morgan fingerprint density at radius 2 is 1.76 bits per heavy atom. The molecule has 0 aliphatic carbocycles. The van der Waals surface area contributed by atoms with Gasteiger partial charge in [0.25, 0.3) is 0 Å². The molecule has 0 N–H and O–H groups in total. The SMILES string of the molecule is COC(=O)C(=O)CC(=O)CCc1ccccc1. The molecule has 17 heavy (non-hydrogen) atoms. The number of hydrogen-bond donors (Lipinski definition) is 0. The second-order valence-electron chi connectivity index (χ2n) is 3.62. The van der Waals surface area contributed by atoms with Crippen LogP contribution in [-0.2, 0) is 25.5 Å². The summed E-state index contributed by atoms with van der Waals surface area (Å²) in [5.41, 5.74) is 1.03. The third kappa shape index (κ3) is 4.59. The number of esters is 1. The number of methoxy groups -OCH3 is 1. The minimum atomic E-state index is -0.960. The maximum Gasteiger partial charge on any atom is 0.374 e. The molecule has 0 atom stereocenters. The highest BCUT2D eigenvalue weighted by molar-refractivity contribution is 6.37. The molecule has 1 rings (SSSR count). The van der Waals surface area contributed by atoms with Gasteiger partial charge in [-0.3, -0.25) is 9.59 Å². The van der Waals surface area contributed by atoms with Gasteiger partial charge in [-0.15, -0.1) is 0 Å². The molecule has 0 bridgehead atoms. The van der Waals surface area contributed by atoms with E-state index < -0.39 is 11.8 Å². The lowest BCUT2D eigenvalue weighted by molar-refractivity contribution is -0.152. The van der Waals surface area contributed by atoms with Crippen LogP contribution in [0, 0.1) is 0 Å². The summed E-state index contributed by atoms with van der Waals surface area (Å²) < 4.78 is 4.23. The number of hydrogen-bond acceptors (Lipinski definition) is 4. The van der Waals surface area contributed by atoms with Crippen LogP contribution in [0.25, 0.3) is 0 Å². The summed E-state index contributed by atoms with van der Waals surface area (Å²) in [6.07, 6.45) is 0.459. The molecular formula is C13H14O4. The lowest BCUT2D eigenvalue weighted by Gasteiger charge is -2.00. The van der Waals surface area contributed by atoms with E-state index in [1.807, 2.05) is 30.3 Å². The van der Waals surface area contributed by atoms with E-state index in [9.17, 15) is 14.4 Å². The van der Waals surface area contributed by atoms with Crippen molar-refractivity contribution in [3.05, 3.63) is 35.9 Å². The average molecular weight is 234 g/mol. The molecule has 4 nitrogen and oxygen atoms in total. The fraction of sp³-hybridized carbons (Fsp3) is 0.308. The summed E-state index contributed by atoms with van der Waals surface area (Å²) >= 11 is 0. The predicted molar refractivity (Wildman–Crippen MR) is 61.4 cm³/mol. The van der Waals surface area contributed by atoms with Crippen LogP contribution >= 0.6 is 0 Å². The van der Waals surface area contributed by atoms with Crippen molar-refractivity contribution >= 4 is 17.5 Å². The third-order valence-corrected chi connectivity index (χ3v) is 2.31. The standard InChI is InChI=1S/C13H14O4/c1-17-13(16)12(15)9-11(14)8-7-10-5-3-2-4-6-10/h2-6H,7-9H2,1H3. The van der Waals surface area contributed by atoms with Crippen LogP contribution in [0.3, 0.4) is 0 Å². The predicted octanol–water partition coefficient (Wildman–Crippen LogP) is 1.32. The monoisotopic (exact) mass is 234 g/mol. The fourth-order valence-corrected chi connectivity index (χ4v) is 1.38. The van der Waals surface area contributed by atoms with Crippen molar-refractivity contribution in [2.45, 2.75) is 19.3 Å². The minimum absolute atomic E-state index is 0.246. The maximum atomic E-state index is 11.4. The van der Waals surface area contributed by atoms with E-state index in [-0.39, 0.29) is 18.6 Å². The molecule has 90 valence electrons. The van der Waals surface area contributed by atoms with Gasteiger partial charge in [-0.2, -0.15) is 0 Å². The smallest absolute Gasteiger partial charge is 0.374 e. The number of benzene rings is 1. The molecule has 0 spiro atoms. The van der Waals surface area contributed by atoms with Gasteiger partial charge in [-0.05, 0) is 12.0 Å². The molecule has 0 aliphatic heterocycles. The molecule has 0 aliphatic rings. The molecule has 0 saturated heterocycles. The normalized spacial score (nSPS) is 9.71. The van der Waals surface area contributed by atoms with Gasteiger partial charge in [0.2, 0.25) is 5.78 Å². The van der Waals surface area contributed by atoms with Crippen LogP contribution in [0.5, 0.6) is 0 Å². The first-order valence-corrected chi connectivity index (χ1v) is 5.30. The second-order valence-corrected chi connectivity index (χ2v) is 3.62. The van der Waals surface area contributed by atoms with Gasteiger partial charge in [0.15, 0.2) is 0 Å². The van der Waals surface area contributed by atoms with Crippen molar-refractivity contribution in [3.63, 3.8) is 0 Å². The molecule has 0 fully saturated rings. The van der Waals surface area contributed by atoms with Gasteiger partial charge in [-0.1, -0.05) is 30.3 Å². The van der Waals surface area contributed by atoms with Crippen molar-refractivity contribution in [2.24, 2.45) is 0 Å². The van der Waals surface area contributed by atoms with E-state index in [0.29, 0.717) is 6.42 Å². The minimum Gasteiger partial charge on any atom is -0.463 e. The van der Waals surface area contributed by atoms with Gasteiger partial charge in [0.1, 0.15) is 5.78 Å². The Balaban J connectivity index is 2.36. The number of carbonyl (C=O) groups excluding carboxylic acids is 3. The molecule has 4 heteroatoms. The quantitative estimate of drug-likeness (QED) is 0.423. The summed E-state index contributed by atoms with van der Waals surface area (Å²) in [6, 6.07) is 9.50. The van der Waals surface area contributed by atoms with Crippen molar-refractivity contribution < 1.29 is 19.1 Å².